The summed E-state index contributed by atoms with van der Waals surface area (Å²) in [6.45, 7) is 33.2. The van der Waals surface area contributed by atoms with E-state index in [2.05, 4.69) is 111 Å². The predicted molar refractivity (Wildman–Crippen MR) is 430 cm³/mol. The standard InChI is InChI=1S/C20H36N6O4.C19H34N6O4.C18H32N6O4.C17H30N6O6/c1-12(2)16(17(22)28)25-18(29)15(8-7-11-23-13(3)21)24-19(30)20(26-14(4)27)9-5-6-10-20;1-11(2)15(16(21)27)24-17(28)14(7-5-10-22-12(3)20)23-18(29)19(8-6-9-19)25-13(4)26;1-10(2)14(15(20)26)23-16(27)13(6-5-9-21-11(3)19)22-17(28)18(7-8-18)24-12(4)25;1-9(21-11(3)24)16(28)23-13(5-4-8-20-10(2)18)17(29)22-12(15(19)27)6-7-14(25)26/h12,15-16,23H,3,5-11,21H2,1-2,4H3,(H2,22,28)(H,24,30)(H,25,29)(H,26,27);11,14-15,22H,3,5-10,20H2,1-2,4H3,(H2,21,27)(H,23,29)(H,24,28)(H,25,26);10,13-14,21H,3,5-9,19H2,1-2,4H3,(H2,20,26)(H,22,28)(H,23,27)(H,24,25);9,12-13,20H,2,4-8,18H2,1,3H3,(H2,19,27)(H,21,24)(H,22,29)(H,23,28)(H,25,26)/t15-,16-;14-,15-;13-,14-;9-,12-,13-/m0000/s1. The van der Waals surface area contributed by atoms with Crippen LogP contribution in [-0.2, 0) is 81.5 Å². The molecule has 0 radical (unpaired) electrons. The Morgan fingerprint density at radius 3 is 0.793 bits per heavy atom. The Morgan fingerprint density at radius 1 is 0.319 bits per heavy atom. The molecule has 0 saturated heterocycles. The van der Waals surface area contributed by atoms with Crippen LogP contribution in [0.2, 0.25) is 0 Å². The Bertz CT molecular complexity index is 3450. The molecule has 3 aliphatic rings. The Balaban J connectivity index is 0.00000152. The highest BCUT2D eigenvalue weighted by atomic mass is 16.4. The zero-order valence-electron chi connectivity index (χ0n) is 69.0. The fourth-order valence-corrected chi connectivity index (χ4v) is 12.0. The molecule has 0 unspecified atom stereocenters. The van der Waals surface area contributed by atoms with Crippen molar-refractivity contribution < 1.29 is 86.6 Å². The van der Waals surface area contributed by atoms with Crippen molar-refractivity contribution in [2.75, 3.05) is 26.2 Å². The van der Waals surface area contributed by atoms with Gasteiger partial charge in [-0.2, -0.15) is 0 Å². The van der Waals surface area contributed by atoms with Crippen LogP contribution in [0.4, 0.5) is 0 Å². The van der Waals surface area contributed by atoms with Gasteiger partial charge in [-0.1, -0.05) is 80.7 Å². The molecule has 9 atom stereocenters. The minimum Gasteiger partial charge on any atom is -0.481 e. The molecule has 0 spiro atoms. The number of carboxylic acid groups (broad SMARTS) is 1. The molecule has 3 fully saturated rings. The number of carbonyl (C=O) groups is 17. The SMILES string of the molecule is C=C(N)NCCC[C@H](NC(=O)C1(NC(C)=O)CC1)C(=O)N[C@H](C(N)=O)C(C)C.C=C(N)NCCC[C@H](NC(=O)C1(NC(C)=O)CCC1)C(=O)N[C@H](C(N)=O)C(C)C.C=C(N)NCCC[C@H](NC(=O)C1(NC(C)=O)CCCC1)C(=O)N[C@H](C(N)=O)C(C)C.C=C(N)NCCC[C@H](NC(=O)[C@H](C)NC(C)=O)C(=O)N[C@@H](CCC(=O)O)C(N)=O. The van der Waals surface area contributed by atoms with E-state index in [9.17, 15) is 81.5 Å². The molecule has 42 heteroatoms. The van der Waals surface area contributed by atoms with Gasteiger partial charge in [-0.3, -0.25) is 81.5 Å². The Hall–Kier alpha value is -11.6. The number of hydrogen-bond donors (Lipinski definition) is 25. The van der Waals surface area contributed by atoms with Gasteiger partial charge in [0.25, 0.3) is 0 Å². The van der Waals surface area contributed by atoms with Crippen molar-refractivity contribution in [2.24, 2.45) is 63.6 Å². The van der Waals surface area contributed by atoms with E-state index in [1.165, 1.54) is 34.6 Å². The second-order valence-electron chi connectivity index (χ2n) is 30.1. The van der Waals surface area contributed by atoms with E-state index in [1.54, 1.807) is 41.5 Å². The average Bonchev–Trinajstić information content (AvgIpc) is 1.49. The molecule has 0 aromatic carbocycles. The van der Waals surface area contributed by atoms with Crippen LogP contribution in [-0.4, -0.2) is 203 Å². The van der Waals surface area contributed by atoms with Crippen molar-refractivity contribution >= 4 is 100 Å². The molecule has 656 valence electrons. The summed E-state index contributed by atoms with van der Waals surface area (Å²) in [7, 11) is 0. The third kappa shape index (κ3) is 40.9. The Labute approximate surface area is 678 Å². The van der Waals surface area contributed by atoms with Crippen molar-refractivity contribution in [1.29, 1.82) is 0 Å². The lowest BCUT2D eigenvalue weighted by molar-refractivity contribution is -0.139. The fourth-order valence-electron chi connectivity index (χ4n) is 12.0. The summed E-state index contributed by atoms with van der Waals surface area (Å²) in [4.78, 5) is 204. The zero-order valence-corrected chi connectivity index (χ0v) is 69.0. The number of aliphatic carboxylic acids is 1. The minimum atomic E-state index is -1.20. The summed E-state index contributed by atoms with van der Waals surface area (Å²) < 4.78 is 0. The van der Waals surface area contributed by atoms with Gasteiger partial charge in [0, 0.05) is 60.3 Å². The van der Waals surface area contributed by atoms with E-state index in [0.717, 1.165) is 19.3 Å². The van der Waals surface area contributed by atoms with Crippen LogP contribution in [0.15, 0.2) is 49.6 Å². The van der Waals surface area contributed by atoms with Gasteiger partial charge in [-0.25, -0.2) is 0 Å². The highest BCUT2D eigenvalue weighted by Gasteiger charge is 2.52. The number of primary amides is 4. The van der Waals surface area contributed by atoms with E-state index < -0.39 is 154 Å². The van der Waals surface area contributed by atoms with Gasteiger partial charge in [-0.15, -0.1) is 0 Å². The first-order chi connectivity index (χ1) is 53.9. The largest absolute Gasteiger partial charge is 0.481 e. The van der Waals surface area contributed by atoms with E-state index in [4.69, 9.17) is 51.0 Å². The molecule has 0 aromatic heterocycles. The molecule has 3 saturated carbocycles. The van der Waals surface area contributed by atoms with Crippen LogP contribution in [0.25, 0.3) is 0 Å². The number of rotatable bonds is 50. The van der Waals surface area contributed by atoms with Crippen LogP contribution in [0, 0.1) is 17.8 Å². The van der Waals surface area contributed by atoms with Gasteiger partial charge in [0.1, 0.15) is 71.0 Å². The van der Waals surface area contributed by atoms with Crippen molar-refractivity contribution in [3.05, 3.63) is 49.6 Å². The molecular weight excluding hydrogens is 1510 g/mol. The lowest BCUT2D eigenvalue weighted by Gasteiger charge is -2.41. The Morgan fingerprint density at radius 2 is 0.578 bits per heavy atom. The molecular formula is C74H132N24O18. The normalized spacial score (nSPS) is 15.8. The molecule has 0 bridgehead atoms. The first-order valence-electron chi connectivity index (χ1n) is 38.6. The van der Waals surface area contributed by atoms with Gasteiger partial charge in [0.15, 0.2) is 0 Å². The van der Waals surface area contributed by atoms with Crippen molar-refractivity contribution in [3.8, 4) is 0 Å². The highest BCUT2D eigenvalue weighted by molar-refractivity contribution is 6.00. The third-order valence-electron chi connectivity index (χ3n) is 18.5. The van der Waals surface area contributed by atoms with Crippen LogP contribution in [0.5, 0.6) is 0 Å². The van der Waals surface area contributed by atoms with Crippen LogP contribution < -0.4 is 131 Å². The smallest absolute Gasteiger partial charge is 0.303 e. The maximum atomic E-state index is 13.1. The summed E-state index contributed by atoms with van der Waals surface area (Å²) in [5.41, 5.74) is 40.2. The molecule has 3 rings (SSSR count). The van der Waals surface area contributed by atoms with Crippen molar-refractivity contribution in [1.82, 2.24) is 85.1 Å². The number of carbonyl (C=O) groups excluding carboxylic acids is 16. The summed E-state index contributed by atoms with van der Waals surface area (Å²) in [6, 6.07) is -8.34. The molecule has 16 amide bonds. The molecule has 3 aliphatic carbocycles. The molecule has 42 nitrogen and oxygen atoms in total. The topological polar surface area (TPSA) is 711 Å². The molecule has 33 N–H and O–H groups in total. The fraction of sp³-hybridized carbons (Fsp3) is 0.662. The van der Waals surface area contributed by atoms with Gasteiger partial charge < -0.3 is 136 Å². The summed E-state index contributed by atoms with van der Waals surface area (Å²) in [6.07, 6.45) is 8.00. The zero-order chi connectivity index (χ0) is 89.1. The number of carboxylic acids is 1. The highest BCUT2D eigenvalue weighted by Crippen LogP contribution is 2.36. The van der Waals surface area contributed by atoms with Gasteiger partial charge in [0.2, 0.25) is 94.5 Å². The molecule has 0 aromatic rings. The van der Waals surface area contributed by atoms with Gasteiger partial charge in [-0.05, 0) is 127 Å². The molecule has 0 aliphatic heterocycles. The summed E-state index contributed by atoms with van der Waals surface area (Å²) in [5.74, 6) is -8.76. The first kappa shape index (κ1) is 104. The van der Waals surface area contributed by atoms with Gasteiger partial charge in [0.05, 0.1) is 23.3 Å². The number of amides is 16. The quantitative estimate of drug-likeness (QED) is 0.0253. The number of hydrogen-bond acceptors (Lipinski definition) is 25. The maximum Gasteiger partial charge on any atom is 0.303 e. The number of nitrogens with two attached hydrogens (primary N) is 8. The second-order valence-corrected chi connectivity index (χ2v) is 30.1. The maximum absolute atomic E-state index is 13.1. The van der Waals surface area contributed by atoms with Crippen molar-refractivity contribution in [3.63, 3.8) is 0 Å². The van der Waals surface area contributed by atoms with Gasteiger partial charge >= 0.3 is 5.97 Å². The average molecular weight is 1650 g/mol. The Kier molecular flexibility index (Phi) is 46.7. The monoisotopic (exact) mass is 1650 g/mol. The third-order valence-corrected chi connectivity index (χ3v) is 18.5. The predicted octanol–water partition coefficient (Wildman–Crippen LogP) is -5.50. The molecule has 116 heavy (non-hydrogen) atoms. The van der Waals surface area contributed by atoms with E-state index >= 15 is 0 Å². The number of nitrogens with one attached hydrogen (secondary N) is 16. The van der Waals surface area contributed by atoms with E-state index in [1.807, 2.05) is 0 Å². The second kappa shape index (κ2) is 52.0. The molecule has 0 heterocycles. The van der Waals surface area contributed by atoms with Crippen LogP contribution in [0.3, 0.4) is 0 Å². The lowest BCUT2D eigenvalue weighted by Crippen LogP contribution is -2.65. The van der Waals surface area contributed by atoms with Crippen LogP contribution in [0.1, 0.15) is 198 Å². The minimum absolute atomic E-state index is 0.176. The van der Waals surface area contributed by atoms with Crippen molar-refractivity contribution in [2.45, 2.75) is 269 Å². The summed E-state index contributed by atoms with van der Waals surface area (Å²) in [5, 5.41) is 51.5. The van der Waals surface area contributed by atoms with E-state index in [-0.39, 0.29) is 60.6 Å². The van der Waals surface area contributed by atoms with Crippen LogP contribution >= 0.6 is 0 Å². The first-order valence-corrected chi connectivity index (χ1v) is 38.6. The lowest BCUT2D eigenvalue weighted by atomic mass is 9.75. The summed E-state index contributed by atoms with van der Waals surface area (Å²) >= 11 is 0. The van der Waals surface area contributed by atoms with E-state index in [0.29, 0.717) is 127 Å².